The third-order valence-electron chi connectivity index (χ3n) is 1.47. The molecule has 1 rings (SSSR count). The number of carbonyl (C=O) groups excluding carboxylic acids is 3. The number of allylic oxidation sites excluding steroid dienone is 1. The highest BCUT2D eigenvalue weighted by molar-refractivity contribution is 7.85. The molecule has 0 atom stereocenters. The summed E-state index contributed by atoms with van der Waals surface area (Å²) in [7, 11) is -4.52. The highest BCUT2D eigenvalue weighted by Crippen LogP contribution is 2.16. The van der Waals surface area contributed by atoms with Crippen LogP contribution in [0.2, 0.25) is 0 Å². The molecule has 0 bridgehead atoms. The van der Waals surface area contributed by atoms with E-state index in [0.717, 1.165) is 13.0 Å². The molecule has 0 N–H and O–H groups in total. The molecule has 7 nitrogen and oxygen atoms in total. The van der Waals surface area contributed by atoms with Crippen LogP contribution in [0.15, 0.2) is 11.8 Å². The van der Waals surface area contributed by atoms with Crippen LogP contribution in [-0.2, 0) is 28.9 Å². The first kappa shape index (κ1) is 11.4. The van der Waals surface area contributed by atoms with Crippen LogP contribution in [-0.4, -0.2) is 30.3 Å². The fraction of sp³-hybridized carbons (Fsp3) is 0.286. The Kier molecular flexibility index (Phi) is 2.63. The van der Waals surface area contributed by atoms with Crippen molar-refractivity contribution in [2.24, 2.45) is 0 Å². The number of rotatable bonds is 1. The summed E-state index contributed by atoms with van der Waals surface area (Å²) < 4.78 is 26.5. The van der Waals surface area contributed by atoms with Gasteiger partial charge in [-0.05, 0) is 6.92 Å². The molecule has 1 aliphatic rings. The van der Waals surface area contributed by atoms with Crippen LogP contribution in [0.25, 0.3) is 0 Å². The standard InChI is InChI=1S/C7H7NO6S/c1-4-3-6(10)8(7(11)5(2)9)15(12,13)14-4/h3H,1-2H3. The van der Waals surface area contributed by atoms with E-state index in [-0.39, 0.29) is 10.1 Å². The average Bonchev–Trinajstić information content (AvgIpc) is 1.99. The van der Waals surface area contributed by atoms with E-state index in [9.17, 15) is 22.8 Å². The zero-order valence-corrected chi connectivity index (χ0v) is 8.70. The van der Waals surface area contributed by atoms with Crippen molar-refractivity contribution in [2.75, 3.05) is 0 Å². The van der Waals surface area contributed by atoms with Gasteiger partial charge >= 0.3 is 16.2 Å². The topological polar surface area (TPSA) is 97.8 Å². The van der Waals surface area contributed by atoms with Crippen molar-refractivity contribution >= 4 is 27.9 Å². The third-order valence-corrected chi connectivity index (χ3v) is 2.74. The molecule has 0 aromatic heterocycles. The lowest BCUT2D eigenvalue weighted by Gasteiger charge is -2.21. The Bertz CT molecular complexity index is 474. The van der Waals surface area contributed by atoms with Crippen LogP contribution >= 0.6 is 0 Å². The molecule has 0 aliphatic carbocycles. The second-order valence-corrected chi connectivity index (χ2v) is 4.15. The molecule has 0 aromatic carbocycles. The lowest BCUT2D eigenvalue weighted by atomic mass is 10.4. The monoisotopic (exact) mass is 233 g/mol. The van der Waals surface area contributed by atoms with E-state index in [4.69, 9.17) is 0 Å². The summed E-state index contributed by atoms with van der Waals surface area (Å²) in [5, 5.41) is 0. The SMILES string of the molecule is CC(=O)C(=O)N1C(=O)C=C(C)OS1(=O)=O. The normalized spacial score (nSPS) is 19.2. The summed E-state index contributed by atoms with van der Waals surface area (Å²) in [6.07, 6.45) is 0.807. The molecule has 0 saturated heterocycles. The summed E-state index contributed by atoms with van der Waals surface area (Å²) in [4.78, 5) is 33.0. The highest BCUT2D eigenvalue weighted by atomic mass is 32.2. The molecular weight excluding hydrogens is 226 g/mol. The number of amides is 2. The average molecular weight is 233 g/mol. The zero-order chi connectivity index (χ0) is 11.8. The van der Waals surface area contributed by atoms with Gasteiger partial charge in [0, 0.05) is 13.0 Å². The van der Waals surface area contributed by atoms with Crippen LogP contribution in [0, 0.1) is 0 Å². The molecule has 0 fully saturated rings. The smallest absolute Gasteiger partial charge is 0.371 e. The van der Waals surface area contributed by atoms with Crippen molar-refractivity contribution in [3.8, 4) is 0 Å². The molecule has 1 aliphatic heterocycles. The molecule has 82 valence electrons. The quantitative estimate of drug-likeness (QED) is 0.545. The number of hydrogen-bond donors (Lipinski definition) is 0. The lowest BCUT2D eigenvalue weighted by molar-refractivity contribution is -0.145. The molecule has 0 unspecified atom stereocenters. The molecule has 0 aromatic rings. The fourth-order valence-corrected chi connectivity index (χ4v) is 1.97. The van der Waals surface area contributed by atoms with Crippen molar-refractivity contribution in [3.63, 3.8) is 0 Å². The molecule has 15 heavy (non-hydrogen) atoms. The Morgan fingerprint density at radius 2 is 1.93 bits per heavy atom. The van der Waals surface area contributed by atoms with Gasteiger partial charge in [-0.2, -0.15) is 8.42 Å². The van der Waals surface area contributed by atoms with Gasteiger partial charge in [0.25, 0.3) is 5.91 Å². The Labute approximate surface area is 85.6 Å². The van der Waals surface area contributed by atoms with Gasteiger partial charge in [-0.3, -0.25) is 14.4 Å². The first-order valence-corrected chi connectivity index (χ1v) is 5.14. The van der Waals surface area contributed by atoms with E-state index >= 15 is 0 Å². The second kappa shape index (κ2) is 3.46. The minimum Gasteiger partial charge on any atom is -0.371 e. The second-order valence-electron chi connectivity index (χ2n) is 2.76. The first-order chi connectivity index (χ1) is 6.75. The number of ketones is 1. The Morgan fingerprint density at radius 1 is 1.40 bits per heavy atom. The van der Waals surface area contributed by atoms with E-state index in [0.29, 0.717) is 0 Å². The summed E-state index contributed by atoms with van der Waals surface area (Å²) >= 11 is 0. The highest BCUT2D eigenvalue weighted by Gasteiger charge is 2.40. The molecule has 2 amide bonds. The van der Waals surface area contributed by atoms with Gasteiger partial charge in [0.1, 0.15) is 5.76 Å². The largest absolute Gasteiger partial charge is 0.419 e. The predicted octanol–water partition coefficient (Wildman–Crippen LogP) is -0.891. The van der Waals surface area contributed by atoms with Gasteiger partial charge in [-0.1, -0.05) is 0 Å². The van der Waals surface area contributed by atoms with Gasteiger partial charge in [-0.15, -0.1) is 4.31 Å². The molecule has 8 heteroatoms. The zero-order valence-electron chi connectivity index (χ0n) is 7.88. The molecular formula is C7H7NO6S. The molecule has 0 radical (unpaired) electrons. The van der Waals surface area contributed by atoms with Crippen LogP contribution in [0.3, 0.4) is 0 Å². The number of Topliss-reactive ketones (excluding diaryl/α,β-unsaturated/α-hetero) is 1. The van der Waals surface area contributed by atoms with Crippen molar-refractivity contribution in [2.45, 2.75) is 13.8 Å². The van der Waals surface area contributed by atoms with E-state index < -0.39 is 27.9 Å². The van der Waals surface area contributed by atoms with Crippen molar-refractivity contribution < 1.29 is 27.0 Å². The summed E-state index contributed by atoms with van der Waals surface area (Å²) in [6.45, 7) is 2.10. The van der Waals surface area contributed by atoms with Crippen LogP contribution in [0.1, 0.15) is 13.8 Å². The maximum absolute atomic E-state index is 11.2. The predicted molar refractivity (Wildman–Crippen MR) is 46.3 cm³/mol. The van der Waals surface area contributed by atoms with Gasteiger partial charge in [-0.25, -0.2) is 0 Å². The van der Waals surface area contributed by atoms with Gasteiger partial charge in [0.2, 0.25) is 5.78 Å². The summed E-state index contributed by atoms with van der Waals surface area (Å²) in [6, 6.07) is 0. The van der Waals surface area contributed by atoms with Crippen LogP contribution in [0.5, 0.6) is 0 Å². The van der Waals surface area contributed by atoms with Gasteiger partial charge < -0.3 is 4.18 Å². The van der Waals surface area contributed by atoms with Gasteiger partial charge in [0.15, 0.2) is 0 Å². The van der Waals surface area contributed by atoms with E-state index in [2.05, 4.69) is 4.18 Å². The lowest BCUT2D eigenvalue weighted by Crippen LogP contribution is -2.46. The number of imide groups is 1. The van der Waals surface area contributed by atoms with E-state index in [1.807, 2.05) is 0 Å². The van der Waals surface area contributed by atoms with Crippen molar-refractivity contribution in [1.82, 2.24) is 4.31 Å². The van der Waals surface area contributed by atoms with Crippen molar-refractivity contribution in [3.05, 3.63) is 11.8 Å². The van der Waals surface area contributed by atoms with E-state index in [1.165, 1.54) is 6.92 Å². The summed E-state index contributed by atoms with van der Waals surface area (Å²) in [5.74, 6) is -3.78. The third kappa shape index (κ3) is 2.04. The summed E-state index contributed by atoms with van der Waals surface area (Å²) in [5.41, 5.74) is 0. The number of nitrogens with zero attached hydrogens (tertiary/aromatic N) is 1. The molecule has 1 heterocycles. The minimum atomic E-state index is -4.52. The maximum atomic E-state index is 11.2. The number of hydrogen-bond acceptors (Lipinski definition) is 6. The Hall–Kier alpha value is -1.70. The number of carbonyl (C=O) groups is 3. The maximum Gasteiger partial charge on any atom is 0.419 e. The Balaban J connectivity index is 3.25. The Morgan fingerprint density at radius 3 is 2.33 bits per heavy atom. The molecule has 0 spiro atoms. The van der Waals surface area contributed by atoms with Crippen molar-refractivity contribution in [1.29, 1.82) is 0 Å². The minimum absolute atomic E-state index is 0.160. The first-order valence-electron chi connectivity index (χ1n) is 3.77. The van der Waals surface area contributed by atoms with Crippen LogP contribution in [0.4, 0.5) is 0 Å². The fourth-order valence-electron chi connectivity index (χ4n) is 0.915. The molecule has 0 saturated carbocycles. The van der Waals surface area contributed by atoms with Gasteiger partial charge in [0.05, 0.1) is 0 Å². The van der Waals surface area contributed by atoms with E-state index in [1.54, 1.807) is 0 Å². The van der Waals surface area contributed by atoms with Crippen LogP contribution < -0.4 is 0 Å².